The van der Waals surface area contributed by atoms with Crippen LogP contribution >= 0.6 is 11.3 Å². The Morgan fingerprint density at radius 1 is 1.33 bits per heavy atom. The Bertz CT molecular complexity index is 287. The van der Waals surface area contributed by atoms with E-state index in [1.54, 1.807) is 5.51 Å². The van der Waals surface area contributed by atoms with E-state index < -0.39 is 0 Å². The zero-order valence-corrected chi connectivity index (χ0v) is 5.17. The van der Waals surface area contributed by atoms with Crippen molar-refractivity contribution in [3.63, 3.8) is 0 Å². The SMILES string of the molecule is c1nnc2ncsc2n1. The number of fused-ring (bicyclic) bond motifs is 1. The van der Waals surface area contributed by atoms with E-state index in [0.29, 0.717) is 5.65 Å². The van der Waals surface area contributed by atoms with Gasteiger partial charge >= 0.3 is 0 Å². The van der Waals surface area contributed by atoms with E-state index in [9.17, 15) is 0 Å². The number of thiazole rings is 1. The summed E-state index contributed by atoms with van der Waals surface area (Å²) in [5, 5.41) is 7.30. The van der Waals surface area contributed by atoms with Crippen LogP contribution in [0.25, 0.3) is 10.5 Å². The molecule has 0 fully saturated rings. The molecule has 0 atom stereocenters. The molecule has 0 radical (unpaired) electrons. The van der Waals surface area contributed by atoms with Crippen LogP contribution in [0.15, 0.2) is 11.8 Å². The lowest BCUT2D eigenvalue weighted by Gasteiger charge is -1.78. The van der Waals surface area contributed by atoms with Crippen molar-refractivity contribution in [3.05, 3.63) is 11.8 Å². The molecule has 2 heterocycles. The van der Waals surface area contributed by atoms with Gasteiger partial charge in [-0.2, -0.15) is 0 Å². The maximum Gasteiger partial charge on any atom is 0.211 e. The lowest BCUT2D eigenvalue weighted by Crippen LogP contribution is -1.81. The Morgan fingerprint density at radius 3 is 3.22 bits per heavy atom. The topological polar surface area (TPSA) is 51.6 Å². The average Bonchev–Trinajstić information content (AvgIpc) is 2.33. The zero-order valence-electron chi connectivity index (χ0n) is 4.35. The quantitative estimate of drug-likeness (QED) is 0.531. The fraction of sp³-hybridized carbons (Fsp3) is 0. The predicted octanol–water partition coefficient (Wildman–Crippen LogP) is 0.481. The van der Waals surface area contributed by atoms with Crippen molar-refractivity contribution in [3.8, 4) is 0 Å². The zero-order chi connectivity index (χ0) is 6.10. The highest BCUT2D eigenvalue weighted by molar-refractivity contribution is 7.16. The highest BCUT2D eigenvalue weighted by Gasteiger charge is 1.94. The molecule has 9 heavy (non-hydrogen) atoms. The Kier molecular flexibility index (Phi) is 0.895. The first kappa shape index (κ1) is 4.75. The summed E-state index contributed by atoms with van der Waals surface area (Å²) in [6.45, 7) is 0. The lowest BCUT2D eigenvalue weighted by atomic mass is 10.8. The van der Waals surface area contributed by atoms with Gasteiger partial charge in [0.1, 0.15) is 6.33 Å². The predicted molar refractivity (Wildman–Crippen MR) is 33.0 cm³/mol. The van der Waals surface area contributed by atoms with Gasteiger partial charge in [-0.3, -0.25) is 0 Å². The Labute approximate surface area is 54.6 Å². The van der Waals surface area contributed by atoms with E-state index in [-0.39, 0.29) is 0 Å². The first-order chi connectivity index (χ1) is 4.47. The average molecular weight is 138 g/mol. The third kappa shape index (κ3) is 0.655. The van der Waals surface area contributed by atoms with Crippen molar-refractivity contribution in [1.29, 1.82) is 0 Å². The molecule has 0 amide bonds. The minimum atomic E-state index is 0.627. The summed E-state index contributed by atoms with van der Waals surface area (Å²) in [4.78, 5) is 8.66. The highest BCUT2D eigenvalue weighted by atomic mass is 32.1. The van der Waals surface area contributed by atoms with Gasteiger partial charge in [0, 0.05) is 0 Å². The molecule has 44 valence electrons. The van der Waals surface area contributed by atoms with Crippen LogP contribution in [-0.4, -0.2) is 20.2 Å². The van der Waals surface area contributed by atoms with Crippen LogP contribution in [0.5, 0.6) is 0 Å². The van der Waals surface area contributed by atoms with Gasteiger partial charge in [0.25, 0.3) is 0 Å². The summed E-state index contributed by atoms with van der Waals surface area (Å²) in [5.41, 5.74) is 2.33. The van der Waals surface area contributed by atoms with Crippen LogP contribution in [-0.2, 0) is 0 Å². The van der Waals surface area contributed by atoms with E-state index in [0.717, 1.165) is 4.83 Å². The molecule has 0 saturated heterocycles. The van der Waals surface area contributed by atoms with E-state index in [4.69, 9.17) is 0 Å². The van der Waals surface area contributed by atoms with E-state index >= 15 is 0 Å². The number of aromatic nitrogens is 4. The molecule has 5 heteroatoms. The number of nitrogens with zero attached hydrogens (tertiary/aromatic N) is 4. The summed E-state index contributed by atoms with van der Waals surface area (Å²) in [7, 11) is 0. The van der Waals surface area contributed by atoms with Crippen LogP contribution in [0.3, 0.4) is 0 Å². The number of hydrogen-bond donors (Lipinski definition) is 0. The molecule has 0 unspecified atom stereocenters. The molecule has 2 aromatic rings. The maximum absolute atomic E-state index is 3.92. The fourth-order valence-electron chi connectivity index (χ4n) is 0.550. The lowest BCUT2D eigenvalue weighted by molar-refractivity contribution is 1.01. The second-order valence-corrected chi connectivity index (χ2v) is 2.27. The molecule has 0 spiro atoms. The summed E-state index contributed by atoms with van der Waals surface area (Å²) < 4.78 is 0. The highest BCUT2D eigenvalue weighted by Crippen LogP contribution is 2.08. The van der Waals surface area contributed by atoms with Crippen molar-refractivity contribution in [2.24, 2.45) is 0 Å². The summed E-state index contributed by atoms with van der Waals surface area (Å²) in [5.74, 6) is 0. The Hall–Kier alpha value is -1.10. The van der Waals surface area contributed by atoms with Gasteiger partial charge in [-0.1, -0.05) is 0 Å². The molecule has 0 aliphatic heterocycles. The van der Waals surface area contributed by atoms with Crippen LogP contribution in [0, 0.1) is 0 Å². The molecule has 2 aromatic heterocycles. The molecule has 0 N–H and O–H groups in total. The second kappa shape index (κ2) is 1.70. The summed E-state index contributed by atoms with van der Waals surface area (Å²) in [6.07, 6.45) is 1.42. The van der Waals surface area contributed by atoms with E-state index in [1.807, 2.05) is 0 Å². The molecule has 0 bridgehead atoms. The van der Waals surface area contributed by atoms with Crippen LogP contribution in [0.4, 0.5) is 0 Å². The van der Waals surface area contributed by atoms with Crippen molar-refractivity contribution in [1.82, 2.24) is 20.2 Å². The van der Waals surface area contributed by atoms with Crippen LogP contribution in [0.1, 0.15) is 0 Å². The van der Waals surface area contributed by atoms with E-state index in [1.165, 1.54) is 17.7 Å². The molecule has 4 nitrogen and oxygen atoms in total. The standard InChI is InChI=1S/C4H2N4S/c1-5-4-3(8-7-1)6-2-9-4/h1-2H. The number of hydrogen-bond acceptors (Lipinski definition) is 5. The van der Waals surface area contributed by atoms with Gasteiger partial charge < -0.3 is 0 Å². The third-order valence-corrected chi connectivity index (χ3v) is 1.63. The van der Waals surface area contributed by atoms with Gasteiger partial charge in [-0.05, 0) is 0 Å². The van der Waals surface area contributed by atoms with Crippen molar-refractivity contribution >= 4 is 21.8 Å². The molecule has 0 aliphatic carbocycles. The third-order valence-electron chi connectivity index (χ3n) is 0.910. The molecule has 2 rings (SSSR count). The van der Waals surface area contributed by atoms with Crippen LogP contribution in [0.2, 0.25) is 0 Å². The van der Waals surface area contributed by atoms with Gasteiger partial charge in [-0.25, -0.2) is 9.97 Å². The summed E-state index contributed by atoms with van der Waals surface area (Å²) in [6, 6.07) is 0. The second-order valence-electron chi connectivity index (χ2n) is 1.44. The number of rotatable bonds is 0. The van der Waals surface area contributed by atoms with Gasteiger partial charge in [0.15, 0.2) is 4.83 Å². The Morgan fingerprint density at radius 2 is 2.33 bits per heavy atom. The molecular formula is C4H2N4S. The Balaban J connectivity index is 2.95. The first-order valence-electron chi connectivity index (χ1n) is 2.34. The first-order valence-corrected chi connectivity index (χ1v) is 3.21. The van der Waals surface area contributed by atoms with E-state index in [2.05, 4.69) is 20.2 Å². The minimum Gasteiger partial charge on any atom is -0.222 e. The monoisotopic (exact) mass is 138 g/mol. The largest absolute Gasteiger partial charge is 0.222 e. The van der Waals surface area contributed by atoms with Gasteiger partial charge in [0.2, 0.25) is 5.65 Å². The minimum absolute atomic E-state index is 0.627. The smallest absolute Gasteiger partial charge is 0.211 e. The fourth-order valence-corrected chi connectivity index (χ4v) is 1.11. The molecule has 0 saturated carbocycles. The van der Waals surface area contributed by atoms with Crippen LogP contribution < -0.4 is 0 Å². The molecule has 0 aromatic carbocycles. The van der Waals surface area contributed by atoms with Crippen molar-refractivity contribution in [2.75, 3.05) is 0 Å². The normalized spacial score (nSPS) is 10.2. The van der Waals surface area contributed by atoms with Gasteiger partial charge in [0.05, 0.1) is 5.51 Å². The molecular weight excluding hydrogens is 136 g/mol. The van der Waals surface area contributed by atoms with Gasteiger partial charge in [-0.15, -0.1) is 21.5 Å². The van der Waals surface area contributed by atoms with Crippen molar-refractivity contribution in [2.45, 2.75) is 0 Å². The maximum atomic E-state index is 3.92. The molecule has 0 aliphatic rings. The summed E-state index contributed by atoms with van der Waals surface area (Å²) >= 11 is 1.46. The van der Waals surface area contributed by atoms with Crippen molar-refractivity contribution < 1.29 is 0 Å².